The Balaban J connectivity index is 2.23. The number of carbonyl (C=O) groups is 1. The summed E-state index contributed by atoms with van der Waals surface area (Å²) in [6, 6.07) is 6.80. The average Bonchev–Trinajstić information content (AvgIpc) is 2.82. The fourth-order valence-corrected chi connectivity index (χ4v) is 4.00. The number of carboxylic acids is 1. The second kappa shape index (κ2) is 5.82. The number of carboxylic acid groups (broad SMARTS) is 1. The van der Waals surface area contributed by atoms with E-state index in [0.717, 1.165) is 17.4 Å². The van der Waals surface area contributed by atoms with Gasteiger partial charge in [0.2, 0.25) is 0 Å². The van der Waals surface area contributed by atoms with Gasteiger partial charge in [-0.15, -0.1) is 11.3 Å². The number of thiophene rings is 1. The molecule has 0 fully saturated rings. The molecule has 0 aliphatic carbocycles. The Morgan fingerprint density at radius 1 is 1.33 bits per heavy atom. The highest BCUT2D eigenvalue weighted by Crippen LogP contribution is 2.25. The Labute approximate surface area is 125 Å². The van der Waals surface area contributed by atoms with Gasteiger partial charge in [0.1, 0.15) is 10.0 Å². The van der Waals surface area contributed by atoms with E-state index in [0.29, 0.717) is 10.4 Å². The van der Waals surface area contributed by atoms with E-state index >= 15 is 0 Å². The van der Waals surface area contributed by atoms with E-state index in [4.69, 9.17) is 5.11 Å². The molecule has 0 bridgehead atoms. The molecule has 0 saturated heterocycles. The predicted octanol–water partition coefficient (Wildman–Crippen LogP) is 2.62. The number of sulfonamides is 1. The van der Waals surface area contributed by atoms with Crippen molar-refractivity contribution >= 4 is 33.0 Å². The van der Waals surface area contributed by atoms with Crippen LogP contribution in [0.15, 0.2) is 34.5 Å². The Morgan fingerprint density at radius 3 is 2.67 bits per heavy atom. The van der Waals surface area contributed by atoms with Gasteiger partial charge in [0.05, 0.1) is 12.1 Å². The summed E-state index contributed by atoms with van der Waals surface area (Å²) in [5, 5.41) is 8.67. The molecule has 0 aliphatic heterocycles. The van der Waals surface area contributed by atoms with Gasteiger partial charge in [0, 0.05) is 4.88 Å². The lowest BCUT2D eigenvalue weighted by Gasteiger charge is -2.07. The monoisotopic (exact) mass is 329 g/mol. The van der Waals surface area contributed by atoms with Crippen molar-refractivity contribution in [2.45, 2.75) is 17.6 Å². The van der Waals surface area contributed by atoms with Crippen LogP contribution >= 0.6 is 11.3 Å². The first-order valence-corrected chi connectivity index (χ1v) is 8.17. The molecule has 0 saturated carbocycles. The van der Waals surface area contributed by atoms with Crippen LogP contribution in [0.3, 0.4) is 0 Å². The zero-order valence-electron chi connectivity index (χ0n) is 11.0. The normalized spacial score (nSPS) is 11.3. The van der Waals surface area contributed by atoms with Crippen LogP contribution in [-0.4, -0.2) is 19.5 Å². The number of nitrogens with one attached hydrogen (secondary N) is 1. The number of benzene rings is 1. The maximum Gasteiger partial charge on any atom is 0.308 e. The lowest BCUT2D eigenvalue weighted by atomic mass is 10.2. The Kier molecular flexibility index (Phi) is 4.29. The van der Waals surface area contributed by atoms with E-state index in [1.165, 1.54) is 24.3 Å². The largest absolute Gasteiger partial charge is 0.481 e. The molecule has 8 heteroatoms. The summed E-state index contributed by atoms with van der Waals surface area (Å²) in [4.78, 5) is 11.0. The average molecular weight is 329 g/mol. The second-order valence-electron chi connectivity index (χ2n) is 4.36. The van der Waals surface area contributed by atoms with Crippen LogP contribution < -0.4 is 4.72 Å². The van der Waals surface area contributed by atoms with Crippen molar-refractivity contribution in [3.8, 4) is 0 Å². The first kappa shape index (κ1) is 15.5. The minimum absolute atomic E-state index is 0.0141. The van der Waals surface area contributed by atoms with Crippen LogP contribution in [0.25, 0.3) is 0 Å². The number of rotatable bonds is 5. The standard InChI is InChI=1S/C13H12FNO4S2/c1-8-2-3-9(6-11(8)14)15-21(18,19)13-5-4-10(20-13)7-12(16)17/h2-6,15H,7H2,1H3,(H,16,17). The highest BCUT2D eigenvalue weighted by molar-refractivity contribution is 7.94. The van der Waals surface area contributed by atoms with Crippen molar-refractivity contribution in [3.63, 3.8) is 0 Å². The van der Waals surface area contributed by atoms with Gasteiger partial charge >= 0.3 is 5.97 Å². The van der Waals surface area contributed by atoms with Gasteiger partial charge in [-0.3, -0.25) is 9.52 Å². The van der Waals surface area contributed by atoms with E-state index in [-0.39, 0.29) is 16.3 Å². The summed E-state index contributed by atoms with van der Waals surface area (Å²) in [5.74, 6) is -1.54. The minimum atomic E-state index is -3.85. The summed E-state index contributed by atoms with van der Waals surface area (Å²) in [6.07, 6.45) is -0.237. The van der Waals surface area contributed by atoms with Crippen LogP contribution in [0.5, 0.6) is 0 Å². The third kappa shape index (κ3) is 3.79. The minimum Gasteiger partial charge on any atom is -0.481 e. The first-order chi connectivity index (χ1) is 9.78. The van der Waals surface area contributed by atoms with Crippen LogP contribution in [0.4, 0.5) is 10.1 Å². The maximum absolute atomic E-state index is 13.4. The van der Waals surface area contributed by atoms with E-state index in [9.17, 15) is 17.6 Å². The first-order valence-electron chi connectivity index (χ1n) is 5.87. The summed E-state index contributed by atoms with van der Waals surface area (Å²) in [6.45, 7) is 1.57. The molecule has 2 aromatic rings. The molecule has 0 aliphatic rings. The number of anilines is 1. The SMILES string of the molecule is Cc1ccc(NS(=O)(=O)c2ccc(CC(=O)O)s2)cc1F. The van der Waals surface area contributed by atoms with Gasteiger partial charge in [-0.1, -0.05) is 6.07 Å². The van der Waals surface area contributed by atoms with E-state index < -0.39 is 21.8 Å². The zero-order chi connectivity index (χ0) is 15.6. The lowest BCUT2D eigenvalue weighted by molar-refractivity contribution is -0.136. The fourth-order valence-electron chi connectivity index (χ4n) is 1.61. The van der Waals surface area contributed by atoms with Crippen molar-refractivity contribution in [1.29, 1.82) is 0 Å². The molecular weight excluding hydrogens is 317 g/mol. The number of hydrogen-bond donors (Lipinski definition) is 2. The summed E-state index contributed by atoms with van der Waals surface area (Å²) < 4.78 is 39.9. The van der Waals surface area contributed by atoms with Gasteiger partial charge < -0.3 is 5.11 Å². The van der Waals surface area contributed by atoms with Crippen molar-refractivity contribution in [2.75, 3.05) is 4.72 Å². The second-order valence-corrected chi connectivity index (χ2v) is 7.44. The molecule has 0 radical (unpaired) electrons. The topological polar surface area (TPSA) is 83.5 Å². The zero-order valence-corrected chi connectivity index (χ0v) is 12.6. The highest BCUT2D eigenvalue weighted by Gasteiger charge is 2.18. The molecule has 5 nitrogen and oxygen atoms in total. The molecular formula is C13H12FNO4S2. The van der Waals surface area contributed by atoms with Gasteiger partial charge in [0.15, 0.2) is 0 Å². The van der Waals surface area contributed by atoms with E-state index in [1.54, 1.807) is 6.92 Å². The highest BCUT2D eigenvalue weighted by atomic mass is 32.2. The molecule has 1 aromatic heterocycles. The van der Waals surface area contributed by atoms with Gasteiger partial charge in [-0.25, -0.2) is 12.8 Å². The third-order valence-corrected chi connectivity index (χ3v) is 5.61. The van der Waals surface area contributed by atoms with Crippen LogP contribution in [-0.2, 0) is 21.2 Å². The van der Waals surface area contributed by atoms with Gasteiger partial charge in [-0.05, 0) is 36.8 Å². The molecule has 1 heterocycles. The molecule has 112 valence electrons. The number of hydrogen-bond acceptors (Lipinski definition) is 4. The molecule has 1 aromatic carbocycles. The van der Waals surface area contributed by atoms with Crippen LogP contribution in [0.2, 0.25) is 0 Å². The van der Waals surface area contributed by atoms with Gasteiger partial charge in [-0.2, -0.15) is 0 Å². The fraction of sp³-hybridized carbons (Fsp3) is 0.154. The number of halogens is 1. The predicted molar refractivity (Wildman–Crippen MR) is 77.6 cm³/mol. The molecule has 0 atom stereocenters. The van der Waals surface area contributed by atoms with Crippen molar-refractivity contribution in [1.82, 2.24) is 0 Å². The Hall–Kier alpha value is -1.93. The Bertz CT molecular complexity index is 783. The maximum atomic E-state index is 13.4. The van der Waals surface area contributed by atoms with E-state index in [1.807, 2.05) is 0 Å². The van der Waals surface area contributed by atoms with E-state index in [2.05, 4.69) is 4.72 Å². The smallest absolute Gasteiger partial charge is 0.308 e. The van der Waals surface area contributed by atoms with Crippen LogP contribution in [0, 0.1) is 12.7 Å². The molecule has 2 rings (SSSR count). The molecule has 21 heavy (non-hydrogen) atoms. The van der Waals surface area contributed by atoms with Crippen molar-refractivity contribution in [3.05, 3.63) is 46.6 Å². The summed E-state index contributed by atoms with van der Waals surface area (Å²) in [7, 11) is -3.85. The van der Waals surface area contributed by atoms with Crippen molar-refractivity contribution in [2.24, 2.45) is 0 Å². The number of aryl methyl sites for hydroxylation is 1. The van der Waals surface area contributed by atoms with Crippen LogP contribution in [0.1, 0.15) is 10.4 Å². The summed E-state index contributed by atoms with van der Waals surface area (Å²) >= 11 is 0.870. The lowest BCUT2D eigenvalue weighted by Crippen LogP contribution is -2.11. The quantitative estimate of drug-likeness (QED) is 0.883. The number of aliphatic carboxylic acids is 1. The summed E-state index contributed by atoms with van der Waals surface area (Å²) in [5.41, 5.74) is 0.532. The molecule has 0 amide bonds. The Morgan fingerprint density at radius 2 is 2.05 bits per heavy atom. The molecule has 0 unspecified atom stereocenters. The molecule has 2 N–H and O–H groups in total. The third-order valence-electron chi connectivity index (χ3n) is 2.65. The van der Waals surface area contributed by atoms with Gasteiger partial charge in [0.25, 0.3) is 10.0 Å². The molecule has 0 spiro atoms. The van der Waals surface area contributed by atoms with Crippen molar-refractivity contribution < 1.29 is 22.7 Å².